The van der Waals surface area contributed by atoms with E-state index in [9.17, 15) is 8.42 Å². The predicted molar refractivity (Wildman–Crippen MR) is 156 cm³/mol. The summed E-state index contributed by atoms with van der Waals surface area (Å²) in [5.74, 6) is 5.99. The molecule has 4 aliphatic carbocycles. The number of hydrogen-bond acceptors (Lipinski definition) is 3. The fraction of sp³-hybridized carbons (Fsp3) is 0.824. The Kier molecular flexibility index (Phi) is 8.17. The van der Waals surface area contributed by atoms with Crippen LogP contribution < -0.4 is 0 Å². The molecule has 4 fully saturated rings. The second kappa shape index (κ2) is 10.8. The number of unbranched alkanes of at least 4 members (excludes halogenated alkanes) is 2. The van der Waals surface area contributed by atoms with Crippen LogP contribution in [0.25, 0.3) is 0 Å². The summed E-state index contributed by atoms with van der Waals surface area (Å²) in [6.07, 6.45) is 15.8. The zero-order valence-electron chi connectivity index (χ0n) is 25.0. The topological polar surface area (TPSA) is 43.4 Å². The maximum atomic E-state index is 13.3. The van der Waals surface area contributed by atoms with Crippen molar-refractivity contribution in [3.8, 4) is 0 Å². The molecular formula is C34H54O3S. The third kappa shape index (κ3) is 5.04. The first kappa shape index (κ1) is 28.7. The van der Waals surface area contributed by atoms with Crippen molar-refractivity contribution in [1.29, 1.82) is 0 Å². The van der Waals surface area contributed by atoms with Gasteiger partial charge in [0.2, 0.25) is 0 Å². The van der Waals surface area contributed by atoms with Crippen LogP contribution in [0.3, 0.4) is 0 Å². The Hall–Kier alpha value is -0.870. The van der Waals surface area contributed by atoms with E-state index in [-0.39, 0.29) is 10.8 Å². The summed E-state index contributed by atoms with van der Waals surface area (Å²) in [7, 11) is -3.77. The molecule has 38 heavy (non-hydrogen) atoms. The van der Waals surface area contributed by atoms with Crippen LogP contribution >= 0.6 is 0 Å². The minimum Gasteiger partial charge on any atom is -0.260 e. The monoisotopic (exact) mass is 542 g/mol. The minimum atomic E-state index is -3.77. The van der Waals surface area contributed by atoms with Gasteiger partial charge >= 0.3 is 0 Å². The lowest BCUT2D eigenvalue weighted by molar-refractivity contribution is -0.128. The number of benzene rings is 1. The highest BCUT2D eigenvalue weighted by Gasteiger charge is 2.60. The van der Waals surface area contributed by atoms with Gasteiger partial charge in [-0.3, -0.25) is 4.18 Å². The maximum Gasteiger partial charge on any atom is 0.297 e. The van der Waals surface area contributed by atoms with Crippen LogP contribution in [0.1, 0.15) is 117 Å². The molecule has 0 heterocycles. The Labute approximate surface area is 234 Å². The van der Waals surface area contributed by atoms with E-state index >= 15 is 0 Å². The Morgan fingerprint density at radius 2 is 1.58 bits per heavy atom. The lowest BCUT2D eigenvalue weighted by Crippen LogP contribution is -2.55. The molecule has 0 spiro atoms. The lowest BCUT2D eigenvalue weighted by atomic mass is 9.46. The van der Waals surface area contributed by atoms with Crippen molar-refractivity contribution in [2.45, 2.75) is 129 Å². The van der Waals surface area contributed by atoms with Crippen LogP contribution in [0.5, 0.6) is 0 Å². The molecule has 0 amide bonds. The van der Waals surface area contributed by atoms with Crippen molar-refractivity contribution in [3.63, 3.8) is 0 Å². The second-order valence-corrected chi connectivity index (χ2v) is 16.1. The minimum absolute atomic E-state index is 0.253. The molecule has 0 bridgehead atoms. The van der Waals surface area contributed by atoms with E-state index in [0.29, 0.717) is 11.3 Å². The quantitative estimate of drug-likeness (QED) is 0.243. The Morgan fingerprint density at radius 3 is 2.29 bits per heavy atom. The van der Waals surface area contributed by atoms with E-state index in [1.165, 1.54) is 64.2 Å². The fourth-order valence-corrected chi connectivity index (χ4v) is 11.6. The summed E-state index contributed by atoms with van der Waals surface area (Å²) in [6.45, 7) is 13.9. The summed E-state index contributed by atoms with van der Waals surface area (Å²) in [5.41, 5.74) is 0.960. The average molecular weight is 543 g/mol. The summed E-state index contributed by atoms with van der Waals surface area (Å²) in [6, 6.07) is 7.09. The third-order valence-corrected chi connectivity index (χ3v) is 14.1. The summed E-state index contributed by atoms with van der Waals surface area (Å²) < 4.78 is 32.7. The normalized spacial score (nSPS) is 41.7. The third-order valence-electron chi connectivity index (χ3n) is 12.6. The Morgan fingerprint density at radius 1 is 0.895 bits per heavy atom. The van der Waals surface area contributed by atoms with Crippen molar-refractivity contribution in [3.05, 3.63) is 29.8 Å². The molecule has 1 aromatic rings. The van der Waals surface area contributed by atoms with Crippen LogP contribution in [0.2, 0.25) is 0 Å². The van der Waals surface area contributed by atoms with Gasteiger partial charge in [0.25, 0.3) is 10.1 Å². The summed E-state index contributed by atoms with van der Waals surface area (Å²) in [5, 5.41) is 0. The molecule has 4 aliphatic rings. The molecular weight excluding hydrogens is 488 g/mol. The van der Waals surface area contributed by atoms with Gasteiger partial charge in [-0.15, -0.1) is 0 Å². The van der Waals surface area contributed by atoms with E-state index < -0.39 is 15.7 Å². The molecule has 4 saturated carbocycles. The van der Waals surface area contributed by atoms with Crippen LogP contribution in [0, 0.1) is 59.7 Å². The highest BCUT2D eigenvalue weighted by Crippen LogP contribution is 2.67. The van der Waals surface area contributed by atoms with E-state index in [1.54, 1.807) is 12.1 Å². The van der Waals surface area contributed by atoms with Crippen LogP contribution in [0.15, 0.2) is 29.2 Å². The SMILES string of the molecule is CCCCCC(C)[C@H]1CC[C@@]2(C)C3CCC4[C@H](CC[C@](C)(OS(=O)(=O)c5ccc(C)cc5)[C@H]4C)C3CC[C@H]12. The molecule has 0 saturated heterocycles. The number of aryl methyl sites for hydroxylation is 1. The van der Waals surface area contributed by atoms with Gasteiger partial charge in [0.15, 0.2) is 0 Å². The van der Waals surface area contributed by atoms with Gasteiger partial charge in [-0.2, -0.15) is 8.42 Å². The average Bonchev–Trinajstić information content (AvgIpc) is 3.24. The van der Waals surface area contributed by atoms with E-state index in [1.807, 2.05) is 19.1 Å². The van der Waals surface area contributed by atoms with Gasteiger partial charge in [-0.1, -0.05) is 71.1 Å². The molecule has 3 nitrogen and oxygen atoms in total. The van der Waals surface area contributed by atoms with Gasteiger partial charge < -0.3 is 0 Å². The van der Waals surface area contributed by atoms with Crippen LogP contribution in [0.4, 0.5) is 0 Å². The molecule has 4 unspecified atom stereocenters. The highest BCUT2D eigenvalue weighted by atomic mass is 32.2. The van der Waals surface area contributed by atoms with Crippen molar-refractivity contribution in [1.82, 2.24) is 0 Å². The van der Waals surface area contributed by atoms with E-state index in [4.69, 9.17) is 4.18 Å². The molecule has 0 aliphatic heterocycles. The number of rotatable bonds is 8. The Balaban J connectivity index is 1.28. The van der Waals surface area contributed by atoms with Crippen molar-refractivity contribution in [2.24, 2.45) is 52.8 Å². The molecule has 0 radical (unpaired) electrons. The van der Waals surface area contributed by atoms with Gasteiger partial charge in [0.1, 0.15) is 0 Å². The molecule has 5 rings (SSSR count). The lowest BCUT2D eigenvalue weighted by Gasteiger charge is -2.60. The van der Waals surface area contributed by atoms with Crippen molar-refractivity contribution >= 4 is 10.1 Å². The molecule has 1 aromatic carbocycles. The molecule has 0 aromatic heterocycles. The number of hydrogen-bond donors (Lipinski definition) is 0. The predicted octanol–water partition coefficient (Wildman–Crippen LogP) is 9.19. The molecule has 214 valence electrons. The van der Waals surface area contributed by atoms with E-state index in [0.717, 1.165) is 53.9 Å². The fourth-order valence-electron chi connectivity index (χ4n) is 10.3. The standard InChI is InChI=1S/C34H54O3S/c1-7-8-9-10-24(3)27-19-21-33(5)31(27)18-16-30-29-20-22-34(6,25(4)28(29)15-17-32(30)33)37-38(35,36)26-13-11-23(2)12-14-26/h11-14,24-25,27-32H,7-10,15-22H2,1-6H3/t24?,25-,27+,28?,29-,30?,31+,32?,33+,34-/m0/s1. The van der Waals surface area contributed by atoms with Gasteiger partial charge in [-0.05, 0) is 130 Å². The molecule has 0 N–H and O–H groups in total. The van der Waals surface area contributed by atoms with Crippen LogP contribution in [-0.2, 0) is 14.3 Å². The molecule has 4 heteroatoms. The summed E-state index contributed by atoms with van der Waals surface area (Å²) >= 11 is 0. The number of fused-ring (bicyclic) bond motifs is 5. The van der Waals surface area contributed by atoms with Gasteiger partial charge in [-0.25, -0.2) is 0 Å². The zero-order valence-corrected chi connectivity index (χ0v) is 25.9. The first-order valence-corrected chi connectivity index (χ1v) is 17.4. The van der Waals surface area contributed by atoms with Gasteiger partial charge in [0.05, 0.1) is 10.5 Å². The second-order valence-electron chi connectivity index (χ2n) is 14.5. The largest absolute Gasteiger partial charge is 0.297 e. The molecule has 10 atom stereocenters. The smallest absolute Gasteiger partial charge is 0.260 e. The van der Waals surface area contributed by atoms with Gasteiger partial charge in [0, 0.05) is 0 Å². The van der Waals surface area contributed by atoms with Crippen LogP contribution in [-0.4, -0.2) is 14.0 Å². The Bertz CT molecular complexity index is 1060. The van der Waals surface area contributed by atoms with Crippen molar-refractivity contribution in [2.75, 3.05) is 0 Å². The van der Waals surface area contributed by atoms with Crippen molar-refractivity contribution < 1.29 is 12.6 Å². The highest BCUT2D eigenvalue weighted by molar-refractivity contribution is 7.86. The van der Waals surface area contributed by atoms with E-state index in [2.05, 4.69) is 34.6 Å². The first-order valence-electron chi connectivity index (χ1n) is 16.0. The zero-order chi connectivity index (χ0) is 27.3. The maximum absolute atomic E-state index is 13.3. The first-order chi connectivity index (χ1) is 18.0. The summed E-state index contributed by atoms with van der Waals surface area (Å²) in [4.78, 5) is 0.285.